The minimum atomic E-state index is -0.373. The van der Waals surface area contributed by atoms with Crippen molar-refractivity contribution in [3.05, 3.63) is 60.7 Å². The number of hydrogen-bond acceptors (Lipinski definition) is 1. The van der Waals surface area contributed by atoms with Crippen LogP contribution in [-0.4, -0.2) is 18.9 Å². The van der Waals surface area contributed by atoms with Gasteiger partial charge in [0.15, 0.2) is 0 Å². The van der Waals surface area contributed by atoms with E-state index in [1.165, 1.54) is 10.6 Å². The molecule has 0 heterocycles. The molecule has 0 radical (unpaired) electrons. The number of methoxy groups -OCH3 is 1. The van der Waals surface area contributed by atoms with E-state index in [1.54, 1.807) is 7.11 Å². The van der Waals surface area contributed by atoms with Crippen molar-refractivity contribution in [2.45, 2.75) is 0 Å². The Labute approximate surface area is 103 Å². The van der Waals surface area contributed by atoms with E-state index in [-0.39, 0.29) is 13.4 Å². The summed E-state index contributed by atoms with van der Waals surface area (Å²) in [6, 6.07) is 21.2. The molecule has 0 aliphatic heterocycles. The van der Waals surface area contributed by atoms with Crippen LogP contribution in [0.25, 0.3) is 0 Å². The third-order valence-electron chi connectivity index (χ3n) is 2.39. The van der Waals surface area contributed by atoms with Crippen LogP contribution in [0.4, 0.5) is 0 Å². The fourth-order valence-corrected chi connectivity index (χ4v) is 3.56. The number of benzene rings is 2. The minimum Gasteiger partial charge on any atom is -0.412 e. The van der Waals surface area contributed by atoms with Crippen molar-refractivity contribution >= 4 is 18.5 Å². The van der Waals surface area contributed by atoms with Gasteiger partial charge in [-0.05, 0) is 18.5 Å². The Kier molecular flexibility index (Phi) is 5.85. The zero-order chi connectivity index (χ0) is 11.2. The number of rotatable bonds is 4. The van der Waals surface area contributed by atoms with Crippen LogP contribution in [-0.2, 0) is 4.74 Å². The summed E-state index contributed by atoms with van der Waals surface area (Å²) in [6.45, 7) is 0. The van der Waals surface area contributed by atoms with Gasteiger partial charge in [0.2, 0.25) is 0 Å². The Balaban J connectivity index is 0.00000144. The molecule has 0 fully saturated rings. The fourth-order valence-electron chi connectivity index (χ4n) is 1.64. The van der Waals surface area contributed by atoms with Crippen molar-refractivity contribution in [1.82, 2.24) is 0 Å². The summed E-state index contributed by atoms with van der Waals surface area (Å²) in [4.78, 5) is 0. The van der Waals surface area contributed by atoms with E-state index >= 15 is 0 Å². The summed E-state index contributed by atoms with van der Waals surface area (Å²) in [5.74, 6) is 0. The van der Waals surface area contributed by atoms with E-state index in [0.717, 1.165) is 6.35 Å². The molecule has 0 saturated heterocycles. The van der Waals surface area contributed by atoms with Crippen molar-refractivity contribution in [3.63, 3.8) is 0 Å². The molecule has 0 aliphatic rings. The molecule has 2 rings (SSSR count). The monoisotopic (exact) mass is 248 g/mol. The molecule has 3 heteroatoms. The lowest BCUT2D eigenvalue weighted by Crippen LogP contribution is -2.14. The van der Waals surface area contributed by atoms with Gasteiger partial charge in [-0.1, -0.05) is 60.7 Å². The molecule has 0 spiro atoms. The predicted octanol–water partition coefficient (Wildman–Crippen LogP) is 1.90. The molecule has 90 valence electrons. The lowest BCUT2D eigenvalue weighted by atomic mass is 10.4. The summed E-state index contributed by atoms with van der Waals surface area (Å²) >= 11 is 0. The maximum absolute atomic E-state index is 5.34. The minimum absolute atomic E-state index is 0. The van der Waals surface area contributed by atoms with Crippen LogP contribution in [0.2, 0.25) is 0 Å². The number of hydrogen-bond donors (Lipinski definition) is 0. The highest BCUT2D eigenvalue weighted by atomic mass is 31.1. The van der Waals surface area contributed by atoms with Crippen molar-refractivity contribution in [2.24, 2.45) is 0 Å². The zero-order valence-electron chi connectivity index (χ0n) is 9.84. The molecule has 0 unspecified atom stereocenters. The van der Waals surface area contributed by atoms with Gasteiger partial charge in [-0.3, -0.25) is 0 Å². The smallest absolute Gasteiger partial charge is 0.0738 e. The lowest BCUT2D eigenvalue weighted by molar-refractivity contribution is 0.256. The second-order valence-electron chi connectivity index (χ2n) is 3.52. The molecule has 0 aromatic heterocycles. The van der Waals surface area contributed by atoms with Gasteiger partial charge in [0.1, 0.15) is 0 Å². The Bertz CT molecular complexity index is 377. The quantitative estimate of drug-likeness (QED) is 0.762. The Morgan fingerprint density at radius 3 is 1.59 bits per heavy atom. The van der Waals surface area contributed by atoms with Crippen molar-refractivity contribution in [2.75, 3.05) is 13.5 Å². The van der Waals surface area contributed by atoms with Crippen molar-refractivity contribution in [1.29, 1.82) is 0 Å². The molecule has 2 aromatic rings. The van der Waals surface area contributed by atoms with Crippen LogP contribution >= 0.6 is 7.92 Å². The maximum Gasteiger partial charge on any atom is 0.0738 e. The molecule has 2 nitrogen and oxygen atoms in total. The van der Waals surface area contributed by atoms with Gasteiger partial charge in [0, 0.05) is 7.11 Å². The SMILES string of the molecule is COCP(c1ccccc1)c1ccccc1.O. The highest BCUT2D eigenvalue weighted by Gasteiger charge is 2.12. The van der Waals surface area contributed by atoms with Crippen LogP contribution in [0, 0.1) is 0 Å². The van der Waals surface area contributed by atoms with Crippen LogP contribution in [0.5, 0.6) is 0 Å². The maximum atomic E-state index is 5.34. The molecular formula is C14H17O2P. The zero-order valence-corrected chi connectivity index (χ0v) is 10.7. The largest absolute Gasteiger partial charge is 0.412 e. The van der Waals surface area contributed by atoms with E-state index in [0.29, 0.717) is 0 Å². The van der Waals surface area contributed by atoms with E-state index in [2.05, 4.69) is 60.7 Å². The first kappa shape index (κ1) is 13.9. The van der Waals surface area contributed by atoms with E-state index in [1.807, 2.05) is 0 Å². The Morgan fingerprint density at radius 1 is 0.824 bits per heavy atom. The summed E-state index contributed by atoms with van der Waals surface area (Å²) in [5, 5.41) is 2.73. The van der Waals surface area contributed by atoms with E-state index < -0.39 is 0 Å². The van der Waals surface area contributed by atoms with Crippen LogP contribution in [0.15, 0.2) is 60.7 Å². The average Bonchev–Trinajstić information content (AvgIpc) is 2.38. The van der Waals surface area contributed by atoms with Gasteiger partial charge in [-0.2, -0.15) is 0 Å². The fraction of sp³-hybridized carbons (Fsp3) is 0.143. The molecule has 17 heavy (non-hydrogen) atoms. The van der Waals surface area contributed by atoms with Crippen molar-refractivity contribution in [3.8, 4) is 0 Å². The predicted molar refractivity (Wildman–Crippen MR) is 74.6 cm³/mol. The van der Waals surface area contributed by atoms with Gasteiger partial charge in [0.05, 0.1) is 6.35 Å². The molecular weight excluding hydrogens is 231 g/mol. The highest BCUT2D eigenvalue weighted by molar-refractivity contribution is 7.72. The summed E-state index contributed by atoms with van der Waals surface area (Å²) < 4.78 is 5.34. The van der Waals surface area contributed by atoms with E-state index in [4.69, 9.17) is 4.74 Å². The topological polar surface area (TPSA) is 40.7 Å². The molecule has 0 bridgehead atoms. The van der Waals surface area contributed by atoms with Gasteiger partial charge < -0.3 is 10.2 Å². The van der Waals surface area contributed by atoms with Crippen LogP contribution < -0.4 is 10.6 Å². The highest BCUT2D eigenvalue weighted by Crippen LogP contribution is 2.32. The lowest BCUT2D eigenvalue weighted by Gasteiger charge is -2.17. The molecule has 2 aromatic carbocycles. The van der Waals surface area contributed by atoms with Crippen molar-refractivity contribution < 1.29 is 10.2 Å². The van der Waals surface area contributed by atoms with Gasteiger partial charge in [-0.15, -0.1) is 0 Å². The first-order chi connectivity index (χ1) is 7.92. The van der Waals surface area contributed by atoms with Gasteiger partial charge in [-0.25, -0.2) is 0 Å². The first-order valence-corrected chi connectivity index (χ1v) is 6.81. The Hall–Kier alpha value is -1.21. The second kappa shape index (κ2) is 7.18. The first-order valence-electron chi connectivity index (χ1n) is 5.28. The normalized spacial score (nSPS) is 10.0. The molecule has 0 aliphatic carbocycles. The standard InChI is InChI=1S/C14H15OP.H2O/c1-15-12-16(13-8-4-2-5-9-13)14-10-6-3-7-11-14;/h2-11H,12H2,1H3;1H2. The number of ether oxygens (including phenoxy) is 1. The summed E-state index contributed by atoms with van der Waals surface area (Å²) in [5.41, 5.74) is 0. The molecule has 0 saturated carbocycles. The van der Waals surface area contributed by atoms with E-state index in [9.17, 15) is 0 Å². The van der Waals surface area contributed by atoms with Crippen LogP contribution in [0.1, 0.15) is 0 Å². The Morgan fingerprint density at radius 2 is 1.24 bits per heavy atom. The second-order valence-corrected chi connectivity index (χ2v) is 5.66. The molecule has 2 N–H and O–H groups in total. The van der Waals surface area contributed by atoms with Gasteiger partial charge >= 0.3 is 0 Å². The molecule has 0 atom stereocenters. The third-order valence-corrected chi connectivity index (χ3v) is 4.75. The van der Waals surface area contributed by atoms with Gasteiger partial charge in [0.25, 0.3) is 0 Å². The molecule has 0 amide bonds. The summed E-state index contributed by atoms with van der Waals surface area (Å²) in [7, 11) is 1.39. The van der Waals surface area contributed by atoms with Crippen LogP contribution in [0.3, 0.4) is 0 Å². The third kappa shape index (κ3) is 3.64. The average molecular weight is 248 g/mol. The summed E-state index contributed by atoms with van der Waals surface area (Å²) in [6.07, 6.45) is 0.781.